The molecule has 3 N–H and O–H groups in total. The van der Waals surface area contributed by atoms with Crippen LogP contribution in [0.1, 0.15) is 35.9 Å². The molecule has 0 spiro atoms. The van der Waals surface area contributed by atoms with Gasteiger partial charge in [0.1, 0.15) is 6.04 Å². The Hall–Kier alpha value is -2.58. The van der Waals surface area contributed by atoms with Crippen LogP contribution in [0.2, 0.25) is 0 Å². The van der Waals surface area contributed by atoms with Crippen molar-refractivity contribution in [2.24, 2.45) is 0 Å². The first-order valence-corrected chi connectivity index (χ1v) is 10.5. The monoisotopic (exact) mass is 418 g/mol. The van der Waals surface area contributed by atoms with E-state index in [1.54, 1.807) is 25.6 Å². The van der Waals surface area contributed by atoms with Gasteiger partial charge in [0.2, 0.25) is 0 Å². The van der Waals surface area contributed by atoms with Crippen molar-refractivity contribution in [2.75, 3.05) is 27.3 Å². The summed E-state index contributed by atoms with van der Waals surface area (Å²) in [6.07, 6.45) is 0.818. The Bertz CT molecular complexity index is 867. The van der Waals surface area contributed by atoms with E-state index in [0.717, 1.165) is 23.4 Å². The average molecular weight is 419 g/mol. The van der Waals surface area contributed by atoms with E-state index < -0.39 is 6.03 Å². The molecule has 0 saturated carbocycles. The second kappa shape index (κ2) is 9.28. The van der Waals surface area contributed by atoms with Gasteiger partial charge in [0.05, 0.1) is 25.6 Å². The summed E-state index contributed by atoms with van der Waals surface area (Å²) in [4.78, 5) is 26.7. The van der Waals surface area contributed by atoms with Gasteiger partial charge in [-0.25, -0.2) is 4.79 Å². The number of hydrogen-bond donors (Lipinski definition) is 3. The lowest BCUT2D eigenvalue weighted by atomic mass is 9.91. The van der Waals surface area contributed by atoms with Gasteiger partial charge in [-0.05, 0) is 43.0 Å². The van der Waals surface area contributed by atoms with Crippen LogP contribution >= 0.6 is 11.3 Å². The maximum Gasteiger partial charge on any atom is 0.321 e. The minimum atomic E-state index is -0.458. The number of fused-ring (bicyclic) bond motifs is 1. The normalized spacial score (nSPS) is 18.1. The Morgan fingerprint density at radius 2 is 1.97 bits per heavy atom. The number of nitrogens with one attached hydrogen (secondary N) is 3. The number of rotatable bonds is 6. The SMILES string of the molecule is COc1cc2c(cc1OC)[C@@H](c1cccs1)[NH+](CC(=O)NC(=O)NC(C)C)CC2. The van der Waals surface area contributed by atoms with E-state index in [2.05, 4.69) is 16.7 Å². The van der Waals surface area contributed by atoms with Gasteiger partial charge in [-0.15, -0.1) is 11.3 Å². The van der Waals surface area contributed by atoms with Crippen molar-refractivity contribution in [1.82, 2.24) is 10.6 Å². The molecule has 0 aliphatic carbocycles. The molecule has 1 aliphatic rings. The summed E-state index contributed by atoms with van der Waals surface area (Å²) in [5.41, 5.74) is 2.33. The third-order valence-electron chi connectivity index (χ3n) is 4.97. The van der Waals surface area contributed by atoms with Crippen molar-refractivity contribution < 1.29 is 24.0 Å². The summed E-state index contributed by atoms with van der Waals surface area (Å²) >= 11 is 1.67. The molecule has 29 heavy (non-hydrogen) atoms. The summed E-state index contributed by atoms with van der Waals surface area (Å²) in [6, 6.07) is 7.66. The maximum absolute atomic E-state index is 12.5. The van der Waals surface area contributed by atoms with Crippen LogP contribution in [0.4, 0.5) is 4.79 Å². The van der Waals surface area contributed by atoms with Crippen LogP contribution in [-0.2, 0) is 11.2 Å². The number of benzene rings is 1. The molecule has 156 valence electrons. The number of imide groups is 1. The predicted octanol–water partition coefficient (Wildman–Crippen LogP) is 1.53. The van der Waals surface area contributed by atoms with E-state index >= 15 is 0 Å². The van der Waals surface area contributed by atoms with E-state index in [9.17, 15) is 9.59 Å². The summed E-state index contributed by atoms with van der Waals surface area (Å²) < 4.78 is 11.0. The van der Waals surface area contributed by atoms with E-state index in [1.165, 1.54) is 10.4 Å². The molecule has 2 aromatic rings. The average Bonchev–Trinajstić information content (AvgIpc) is 3.20. The first kappa shape index (κ1) is 21.1. The zero-order chi connectivity index (χ0) is 21.0. The Morgan fingerprint density at radius 1 is 1.24 bits per heavy atom. The minimum Gasteiger partial charge on any atom is -0.493 e. The fourth-order valence-corrected chi connectivity index (χ4v) is 4.66. The number of quaternary nitrogens is 1. The van der Waals surface area contributed by atoms with Crippen LogP contribution in [-0.4, -0.2) is 45.3 Å². The molecule has 1 aliphatic heterocycles. The number of hydrogen-bond acceptors (Lipinski definition) is 5. The second-order valence-corrected chi connectivity index (χ2v) is 8.35. The Balaban J connectivity index is 1.87. The van der Waals surface area contributed by atoms with Crippen LogP contribution in [0.3, 0.4) is 0 Å². The number of thiophene rings is 1. The second-order valence-electron chi connectivity index (χ2n) is 7.37. The first-order chi connectivity index (χ1) is 13.9. The molecule has 0 radical (unpaired) electrons. The molecular formula is C21H28N3O4S+. The van der Waals surface area contributed by atoms with Crippen LogP contribution in [0.5, 0.6) is 11.5 Å². The number of amides is 3. The Kier molecular flexibility index (Phi) is 6.76. The molecule has 2 atom stereocenters. The zero-order valence-corrected chi connectivity index (χ0v) is 18.0. The molecule has 3 amide bonds. The van der Waals surface area contributed by atoms with Crippen LogP contribution in [0.25, 0.3) is 0 Å². The van der Waals surface area contributed by atoms with E-state index in [0.29, 0.717) is 11.5 Å². The number of carbonyl (C=O) groups is 2. The summed E-state index contributed by atoms with van der Waals surface area (Å²) in [5.74, 6) is 1.10. The first-order valence-electron chi connectivity index (χ1n) is 9.66. The summed E-state index contributed by atoms with van der Waals surface area (Å²) in [5, 5.41) is 7.16. The predicted molar refractivity (Wildman–Crippen MR) is 112 cm³/mol. The molecule has 8 heteroatoms. The quantitative estimate of drug-likeness (QED) is 0.665. The van der Waals surface area contributed by atoms with Gasteiger partial charge < -0.3 is 19.7 Å². The summed E-state index contributed by atoms with van der Waals surface area (Å²) in [6.45, 7) is 4.70. The lowest BCUT2D eigenvalue weighted by Crippen LogP contribution is -3.14. The third-order valence-corrected chi connectivity index (χ3v) is 5.91. The maximum atomic E-state index is 12.5. The third kappa shape index (κ3) is 4.89. The van der Waals surface area contributed by atoms with Gasteiger partial charge in [-0.2, -0.15) is 0 Å². The number of urea groups is 1. The number of carbonyl (C=O) groups excluding carboxylic acids is 2. The van der Waals surface area contributed by atoms with Crippen molar-refractivity contribution in [1.29, 1.82) is 0 Å². The minimum absolute atomic E-state index is 0.00235. The van der Waals surface area contributed by atoms with Gasteiger partial charge in [-0.1, -0.05) is 6.07 Å². The van der Waals surface area contributed by atoms with Gasteiger partial charge in [-0.3, -0.25) is 10.1 Å². The van der Waals surface area contributed by atoms with Crippen molar-refractivity contribution in [2.45, 2.75) is 32.4 Å². The van der Waals surface area contributed by atoms with Crippen molar-refractivity contribution >= 4 is 23.3 Å². The number of methoxy groups -OCH3 is 2. The molecular weight excluding hydrogens is 390 g/mol. The zero-order valence-electron chi connectivity index (χ0n) is 17.2. The van der Waals surface area contributed by atoms with E-state index in [1.807, 2.05) is 37.4 Å². The fourth-order valence-electron chi connectivity index (χ4n) is 3.76. The molecule has 7 nitrogen and oxygen atoms in total. The standard InChI is InChI=1S/C21H27N3O4S/c1-13(2)22-21(26)23-19(25)12-24-8-7-14-10-16(27-3)17(28-4)11-15(14)20(24)18-6-5-9-29-18/h5-6,9-11,13,20H,7-8,12H2,1-4H3,(H2,22,23,25,26)/p+1/t20-/m0/s1. The molecule has 0 fully saturated rings. The Labute approximate surface area is 175 Å². The molecule has 1 aromatic carbocycles. The largest absolute Gasteiger partial charge is 0.493 e. The highest BCUT2D eigenvalue weighted by Crippen LogP contribution is 2.36. The molecule has 2 heterocycles. The fraction of sp³-hybridized carbons (Fsp3) is 0.429. The summed E-state index contributed by atoms with van der Waals surface area (Å²) in [7, 11) is 3.26. The molecule has 1 unspecified atom stereocenters. The topological polar surface area (TPSA) is 81.1 Å². The molecule has 0 bridgehead atoms. The highest BCUT2D eigenvalue weighted by atomic mass is 32.1. The van der Waals surface area contributed by atoms with Crippen LogP contribution in [0, 0.1) is 0 Å². The highest BCUT2D eigenvalue weighted by molar-refractivity contribution is 7.10. The number of ether oxygens (including phenoxy) is 2. The van der Waals surface area contributed by atoms with Crippen molar-refractivity contribution in [3.8, 4) is 11.5 Å². The molecule has 0 saturated heterocycles. The Morgan fingerprint density at radius 3 is 2.59 bits per heavy atom. The smallest absolute Gasteiger partial charge is 0.321 e. The lowest BCUT2D eigenvalue weighted by molar-refractivity contribution is -0.919. The van der Waals surface area contributed by atoms with Crippen molar-refractivity contribution in [3.63, 3.8) is 0 Å². The van der Waals surface area contributed by atoms with E-state index in [-0.39, 0.29) is 24.5 Å². The lowest BCUT2D eigenvalue weighted by Gasteiger charge is -2.34. The van der Waals surface area contributed by atoms with Gasteiger partial charge in [0.15, 0.2) is 18.0 Å². The molecule has 1 aromatic heterocycles. The van der Waals surface area contributed by atoms with E-state index in [4.69, 9.17) is 9.47 Å². The van der Waals surface area contributed by atoms with Gasteiger partial charge in [0.25, 0.3) is 5.91 Å². The van der Waals surface area contributed by atoms with Crippen LogP contribution in [0.15, 0.2) is 29.6 Å². The van der Waals surface area contributed by atoms with Gasteiger partial charge >= 0.3 is 6.03 Å². The van der Waals surface area contributed by atoms with Crippen molar-refractivity contribution in [3.05, 3.63) is 45.6 Å². The van der Waals surface area contributed by atoms with Gasteiger partial charge in [0, 0.05) is 18.0 Å². The molecule has 3 rings (SSSR count). The highest BCUT2D eigenvalue weighted by Gasteiger charge is 2.35. The van der Waals surface area contributed by atoms with Crippen LogP contribution < -0.4 is 25.0 Å².